The summed E-state index contributed by atoms with van der Waals surface area (Å²) in [5.41, 5.74) is 0.576. The van der Waals surface area contributed by atoms with Crippen molar-refractivity contribution in [1.82, 2.24) is 5.32 Å². The summed E-state index contributed by atoms with van der Waals surface area (Å²) in [5.74, 6) is 0.943. The molecule has 0 aromatic heterocycles. The van der Waals surface area contributed by atoms with Crippen molar-refractivity contribution in [3.63, 3.8) is 0 Å². The summed E-state index contributed by atoms with van der Waals surface area (Å²) in [6.45, 7) is 6.79. The van der Waals surface area contributed by atoms with Gasteiger partial charge < -0.3 is 10.1 Å². The molecule has 2 aliphatic rings. The SMILES string of the molecule is CCC1(CC2CNC2)COC1. The zero-order chi connectivity index (χ0) is 7.73. The summed E-state index contributed by atoms with van der Waals surface area (Å²) in [7, 11) is 0. The fourth-order valence-corrected chi connectivity index (χ4v) is 1.96. The Morgan fingerprint density at radius 1 is 1.45 bits per heavy atom. The van der Waals surface area contributed by atoms with Crippen molar-refractivity contribution in [3.05, 3.63) is 0 Å². The standard InChI is InChI=1S/C9H17NO/c1-2-9(6-11-7-9)3-8-4-10-5-8/h8,10H,2-7H2,1H3. The maximum absolute atomic E-state index is 5.28. The van der Waals surface area contributed by atoms with Crippen molar-refractivity contribution in [2.75, 3.05) is 26.3 Å². The number of rotatable bonds is 3. The molecule has 1 N–H and O–H groups in total. The Hall–Kier alpha value is -0.0800. The molecule has 0 aliphatic carbocycles. The van der Waals surface area contributed by atoms with Gasteiger partial charge in [-0.2, -0.15) is 0 Å². The van der Waals surface area contributed by atoms with E-state index >= 15 is 0 Å². The van der Waals surface area contributed by atoms with E-state index in [-0.39, 0.29) is 0 Å². The molecule has 64 valence electrons. The van der Waals surface area contributed by atoms with Gasteiger partial charge in [0.25, 0.3) is 0 Å². The average molecular weight is 155 g/mol. The van der Waals surface area contributed by atoms with Gasteiger partial charge in [-0.05, 0) is 31.8 Å². The van der Waals surface area contributed by atoms with E-state index in [4.69, 9.17) is 4.74 Å². The summed E-state index contributed by atoms with van der Waals surface area (Å²) in [6.07, 6.45) is 2.68. The minimum absolute atomic E-state index is 0.576. The molecule has 2 heteroatoms. The van der Waals surface area contributed by atoms with Gasteiger partial charge in [0.05, 0.1) is 13.2 Å². The molecule has 2 fully saturated rings. The Morgan fingerprint density at radius 2 is 2.18 bits per heavy atom. The third kappa shape index (κ3) is 1.30. The predicted octanol–water partition coefficient (Wildman–Crippen LogP) is 1.02. The fraction of sp³-hybridized carbons (Fsp3) is 1.00. The van der Waals surface area contributed by atoms with E-state index in [2.05, 4.69) is 12.2 Å². The van der Waals surface area contributed by atoms with Gasteiger partial charge in [0.1, 0.15) is 0 Å². The van der Waals surface area contributed by atoms with Crippen LogP contribution in [0.5, 0.6) is 0 Å². The Bertz CT molecular complexity index is 133. The Balaban J connectivity index is 1.81. The molecule has 0 saturated carbocycles. The van der Waals surface area contributed by atoms with Crippen LogP contribution in [-0.2, 0) is 4.74 Å². The average Bonchev–Trinajstić information content (AvgIpc) is 1.83. The van der Waals surface area contributed by atoms with Crippen LogP contribution in [0, 0.1) is 11.3 Å². The molecule has 2 aliphatic heterocycles. The summed E-state index contributed by atoms with van der Waals surface area (Å²) in [5, 5.41) is 3.32. The van der Waals surface area contributed by atoms with Crippen LogP contribution in [0.4, 0.5) is 0 Å². The lowest BCUT2D eigenvalue weighted by Crippen LogP contribution is -2.50. The van der Waals surface area contributed by atoms with E-state index in [0.717, 1.165) is 19.1 Å². The molecular formula is C9H17NO. The van der Waals surface area contributed by atoms with E-state index in [9.17, 15) is 0 Å². The van der Waals surface area contributed by atoms with Crippen LogP contribution in [0.15, 0.2) is 0 Å². The number of nitrogens with one attached hydrogen (secondary N) is 1. The summed E-state index contributed by atoms with van der Waals surface area (Å²) < 4.78 is 5.28. The molecule has 11 heavy (non-hydrogen) atoms. The predicted molar refractivity (Wildman–Crippen MR) is 44.5 cm³/mol. The smallest absolute Gasteiger partial charge is 0.0544 e. The lowest BCUT2D eigenvalue weighted by molar-refractivity contribution is -0.129. The first-order chi connectivity index (χ1) is 5.35. The van der Waals surface area contributed by atoms with Crippen molar-refractivity contribution in [2.24, 2.45) is 11.3 Å². The highest BCUT2D eigenvalue weighted by Gasteiger charge is 2.39. The van der Waals surface area contributed by atoms with Crippen LogP contribution in [0.1, 0.15) is 19.8 Å². The Kier molecular flexibility index (Phi) is 1.90. The summed E-state index contributed by atoms with van der Waals surface area (Å²) >= 11 is 0. The molecule has 0 amide bonds. The van der Waals surface area contributed by atoms with Gasteiger partial charge in [-0.1, -0.05) is 6.92 Å². The second kappa shape index (κ2) is 2.76. The molecule has 0 aromatic carbocycles. The molecule has 0 atom stereocenters. The van der Waals surface area contributed by atoms with Gasteiger partial charge >= 0.3 is 0 Å². The minimum Gasteiger partial charge on any atom is -0.380 e. The number of hydrogen-bond acceptors (Lipinski definition) is 2. The van der Waals surface area contributed by atoms with Gasteiger partial charge in [-0.15, -0.1) is 0 Å². The van der Waals surface area contributed by atoms with Crippen molar-refractivity contribution in [1.29, 1.82) is 0 Å². The number of ether oxygens (including phenoxy) is 1. The van der Waals surface area contributed by atoms with E-state index in [1.165, 1.54) is 25.9 Å². The van der Waals surface area contributed by atoms with Crippen LogP contribution in [-0.4, -0.2) is 26.3 Å². The maximum Gasteiger partial charge on any atom is 0.0544 e. The first-order valence-corrected chi connectivity index (χ1v) is 4.63. The van der Waals surface area contributed by atoms with Gasteiger partial charge in [0.15, 0.2) is 0 Å². The molecule has 2 heterocycles. The van der Waals surface area contributed by atoms with E-state index in [0.29, 0.717) is 5.41 Å². The van der Waals surface area contributed by atoms with Gasteiger partial charge in [-0.25, -0.2) is 0 Å². The first-order valence-electron chi connectivity index (χ1n) is 4.63. The van der Waals surface area contributed by atoms with Crippen LogP contribution in [0.3, 0.4) is 0 Å². The number of hydrogen-bond donors (Lipinski definition) is 1. The molecule has 0 unspecified atom stereocenters. The molecule has 0 aromatic rings. The Morgan fingerprint density at radius 3 is 2.45 bits per heavy atom. The lowest BCUT2D eigenvalue weighted by atomic mass is 9.74. The van der Waals surface area contributed by atoms with Crippen molar-refractivity contribution in [2.45, 2.75) is 19.8 Å². The monoisotopic (exact) mass is 155 g/mol. The van der Waals surface area contributed by atoms with Crippen LogP contribution in [0.2, 0.25) is 0 Å². The molecule has 0 radical (unpaired) electrons. The second-order valence-electron chi connectivity index (χ2n) is 4.07. The third-order valence-corrected chi connectivity index (χ3v) is 3.15. The highest BCUT2D eigenvalue weighted by atomic mass is 16.5. The third-order valence-electron chi connectivity index (χ3n) is 3.15. The van der Waals surface area contributed by atoms with E-state index in [1.54, 1.807) is 0 Å². The quantitative estimate of drug-likeness (QED) is 0.657. The van der Waals surface area contributed by atoms with Crippen molar-refractivity contribution < 1.29 is 4.74 Å². The zero-order valence-electron chi connectivity index (χ0n) is 7.23. The molecular weight excluding hydrogens is 138 g/mol. The topological polar surface area (TPSA) is 21.3 Å². The van der Waals surface area contributed by atoms with Crippen LogP contribution >= 0.6 is 0 Å². The van der Waals surface area contributed by atoms with Gasteiger partial charge in [0, 0.05) is 5.41 Å². The molecule has 2 rings (SSSR count). The highest BCUT2D eigenvalue weighted by molar-refractivity contribution is 4.90. The van der Waals surface area contributed by atoms with Crippen LogP contribution < -0.4 is 5.32 Å². The fourth-order valence-electron chi connectivity index (χ4n) is 1.96. The molecule has 0 bridgehead atoms. The Labute approximate surface area is 68.3 Å². The summed E-state index contributed by atoms with van der Waals surface area (Å²) in [4.78, 5) is 0. The lowest BCUT2D eigenvalue weighted by Gasteiger charge is -2.45. The summed E-state index contributed by atoms with van der Waals surface area (Å²) in [6, 6.07) is 0. The van der Waals surface area contributed by atoms with Gasteiger partial charge in [-0.3, -0.25) is 0 Å². The van der Waals surface area contributed by atoms with E-state index in [1.807, 2.05) is 0 Å². The normalized spacial score (nSPS) is 29.2. The van der Waals surface area contributed by atoms with Crippen molar-refractivity contribution >= 4 is 0 Å². The zero-order valence-corrected chi connectivity index (χ0v) is 7.23. The largest absolute Gasteiger partial charge is 0.380 e. The molecule has 2 saturated heterocycles. The van der Waals surface area contributed by atoms with Crippen LogP contribution in [0.25, 0.3) is 0 Å². The van der Waals surface area contributed by atoms with Gasteiger partial charge in [0.2, 0.25) is 0 Å². The maximum atomic E-state index is 5.28. The second-order valence-corrected chi connectivity index (χ2v) is 4.07. The highest BCUT2D eigenvalue weighted by Crippen LogP contribution is 2.38. The van der Waals surface area contributed by atoms with E-state index < -0.39 is 0 Å². The molecule has 2 nitrogen and oxygen atoms in total. The molecule has 0 spiro atoms. The minimum atomic E-state index is 0.576. The first kappa shape index (κ1) is 7.56. The van der Waals surface area contributed by atoms with Crippen molar-refractivity contribution in [3.8, 4) is 0 Å².